The van der Waals surface area contributed by atoms with Gasteiger partial charge in [0.1, 0.15) is 5.75 Å². The molecule has 4 aliphatic rings. The summed E-state index contributed by atoms with van der Waals surface area (Å²) in [5.74, 6) is 0.114. The van der Waals surface area contributed by atoms with Crippen LogP contribution in [-0.4, -0.2) is 75.1 Å². The number of halogens is 2. The number of anilines is 1. The SMILES string of the molecule is COc1cc(-c2nccc(-c3cccc(NC(=O)c4nc5c(n4C)CCN(CCC46CCC(C(=O)O)(CC4)C6)C5)c3Cl)c2Cl)ccc1CNC[C@@H]1CCC(=O)N1. The predicted molar refractivity (Wildman–Crippen MR) is 215 cm³/mol. The maximum Gasteiger partial charge on any atom is 0.309 e. The van der Waals surface area contributed by atoms with Gasteiger partial charge in [-0.05, 0) is 75.1 Å². The average Bonchev–Trinajstić information content (AvgIpc) is 3.98. The summed E-state index contributed by atoms with van der Waals surface area (Å²) < 4.78 is 7.61. The molecule has 8 rings (SSSR count). The van der Waals surface area contributed by atoms with Crippen LogP contribution in [0.15, 0.2) is 48.7 Å². The zero-order valence-electron chi connectivity index (χ0n) is 31.7. The lowest BCUT2D eigenvalue weighted by molar-refractivity contribution is -0.148. The molecule has 4 N–H and O–H groups in total. The highest BCUT2D eigenvalue weighted by Gasteiger charge is 2.57. The second kappa shape index (κ2) is 15.5. The molecule has 2 aromatic heterocycles. The Morgan fingerprint density at radius 3 is 2.61 bits per heavy atom. The van der Waals surface area contributed by atoms with Gasteiger partial charge in [0.2, 0.25) is 5.91 Å². The second-order valence-corrected chi connectivity index (χ2v) is 16.8. The number of aromatic nitrogens is 3. The zero-order valence-corrected chi connectivity index (χ0v) is 33.2. The van der Waals surface area contributed by atoms with E-state index in [4.69, 9.17) is 32.9 Å². The Bertz CT molecular complexity index is 2200. The first kappa shape index (κ1) is 38.4. The summed E-state index contributed by atoms with van der Waals surface area (Å²) >= 11 is 14.1. The van der Waals surface area contributed by atoms with Crippen LogP contribution in [0.5, 0.6) is 5.75 Å². The fraction of sp³-hybridized carbons (Fsp3) is 0.452. The molecule has 4 heterocycles. The number of imidazole rings is 1. The van der Waals surface area contributed by atoms with Crippen molar-refractivity contribution in [1.29, 1.82) is 0 Å². The third-order valence-corrected chi connectivity index (χ3v) is 13.5. The van der Waals surface area contributed by atoms with E-state index >= 15 is 0 Å². The maximum atomic E-state index is 13.8. The highest BCUT2D eigenvalue weighted by Crippen LogP contribution is 2.63. The summed E-state index contributed by atoms with van der Waals surface area (Å²) in [7, 11) is 3.50. The van der Waals surface area contributed by atoms with Crippen molar-refractivity contribution in [1.82, 2.24) is 30.1 Å². The number of aliphatic carboxylic acids is 1. The second-order valence-electron chi connectivity index (χ2n) is 16.0. The Morgan fingerprint density at radius 1 is 1.07 bits per heavy atom. The number of nitrogens with one attached hydrogen (secondary N) is 3. The fourth-order valence-corrected chi connectivity index (χ4v) is 10.0. The van der Waals surface area contributed by atoms with Gasteiger partial charge in [-0.2, -0.15) is 0 Å². The van der Waals surface area contributed by atoms with Crippen LogP contribution >= 0.6 is 23.2 Å². The van der Waals surface area contributed by atoms with Crippen molar-refractivity contribution in [2.24, 2.45) is 17.9 Å². The number of nitrogens with zero attached hydrogens (tertiary/aromatic N) is 4. The molecule has 0 spiro atoms. The van der Waals surface area contributed by atoms with E-state index in [0.29, 0.717) is 70.2 Å². The van der Waals surface area contributed by atoms with E-state index in [1.54, 1.807) is 25.4 Å². The first-order chi connectivity index (χ1) is 27.0. The van der Waals surface area contributed by atoms with Gasteiger partial charge in [0, 0.05) is 86.3 Å². The molecule has 56 heavy (non-hydrogen) atoms. The first-order valence-electron chi connectivity index (χ1n) is 19.4. The summed E-state index contributed by atoms with van der Waals surface area (Å²) in [5, 5.41) is 20.0. The molecule has 2 aliphatic heterocycles. The molecule has 2 amide bonds. The molecule has 1 saturated heterocycles. The van der Waals surface area contributed by atoms with Crippen LogP contribution < -0.4 is 20.7 Å². The van der Waals surface area contributed by atoms with E-state index in [1.807, 2.05) is 41.9 Å². The van der Waals surface area contributed by atoms with Gasteiger partial charge in [0.05, 0.1) is 39.6 Å². The van der Waals surface area contributed by atoms with E-state index in [-0.39, 0.29) is 23.3 Å². The number of methoxy groups -OCH3 is 1. The van der Waals surface area contributed by atoms with Crippen molar-refractivity contribution < 1.29 is 24.2 Å². The smallest absolute Gasteiger partial charge is 0.309 e. The quantitative estimate of drug-likeness (QED) is 0.114. The van der Waals surface area contributed by atoms with Gasteiger partial charge in [-0.15, -0.1) is 0 Å². The van der Waals surface area contributed by atoms with Crippen molar-refractivity contribution >= 4 is 46.7 Å². The normalized spacial score (nSPS) is 22.9. The van der Waals surface area contributed by atoms with Crippen LogP contribution in [0.2, 0.25) is 10.0 Å². The van der Waals surface area contributed by atoms with E-state index < -0.39 is 11.4 Å². The number of hydrogen-bond donors (Lipinski definition) is 4. The Hall–Kier alpha value is -4.49. The molecule has 294 valence electrons. The third kappa shape index (κ3) is 7.28. The molecule has 2 aromatic carbocycles. The van der Waals surface area contributed by atoms with Gasteiger partial charge < -0.3 is 30.4 Å². The fourth-order valence-electron chi connectivity index (χ4n) is 9.45. The highest BCUT2D eigenvalue weighted by molar-refractivity contribution is 6.39. The zero-order chi connectivity index (χ0) is 39.2. The van der Waals surface area contributed by atoms with Crippen LogP contribution in [0.4, 0.5) is 5.69 Å². The number of carboxylic acids is 1. The summed E-state index contributed by atoms with van der Waals surface area (Å²) in [6.07, 6.45) is 9.24. The van der Waals surface area contributed by atoms with E-state index in [2.05, 4.69) is 25.8 Å². The largest absolute Gasteiger partial charge is 0.496 e. The van der Waals surface area contributed by atoms with E-state index in [0.717, 1.165) is 87.0 Å². The topological polar surface area (TPSA) is 151 Å². The number of rotatable bonds is 13. The summed E-state index contributed by atoms with van der Waals surface area (Å²) in [6, 6.07) is 13.2. The summed E-state index contributed by atoms with van der Waals surface area (Å²) in [6.45, 7) is 3.67. The van der Waals surface area contributed by atoms with Gasteiger partial charge in [-0.1, -0.05) is 47.5 Å². The van der Waals surface area contributed by atoms with Gasteiger partial charge >= 0.3 is 5.97 Å². The van der Waals surface area contributed by atoms with Crippen LogP contribution in [0.1, 0.15) is 78.9 Å². The number of pyridine rings is 1. The molecule has 12 nitrogen and oxygen atoms in total. The van der Waals surface area contributed by atoms with Crippen LogP contribution in [-0.2, 0) is 36.1 Å². The van der Waals surface area contributed by atoms with Crippen LogP contribution in [0.3, 0.4) is 0 Å². The molecule has 0 radical (unpaired) electrons. The molecule has 3 fully saturated rings. The molecule has 14 heteroatoms. The van der Waals surface area contributed by atoms with Gasteiger partial charge in [-0.3, -0.25) is 24.3 Å². The lowest BCUT2D eigenvalue weighted by Gasteiger charge is -2.32. The van der Waals surface area contributed by atoms with Crippen molar-refractivity contribution in [2.75, 3.05) is 32.1 Å². The number of carbonyl (C=O) groups is 3. The lowest BCUT2D eigenvalue weighted by Crippen LogP contribution is -2.35. The Balaban J connectivity index is 0.941. The Morgan fingerprint density at radius 2 is 1.88 bits per heavy atom. The van der Waals surface area contributed by atoms with Crippen molar-refractivity contribution in [2.45, 2.75) is 76.9 Å². The minimum atomic E-state index is -0.625. The number of amides is 2. The summed E-state index contributed by atoms with van der Waals surface area (Å²) in [5.41, 5.74) is 5.62. The first-order valence-corrected chi connectivity index (χ1v) is 20.2. The lowest BCUT2D eigenvalue weighted by atomic mass is 9.80. The number of carboxylic acid groups (broad SMARTS) is 1. The predicted octanol–water partition coefficient (Wildman–Crippen LogP) is 6.87. The Labute approximate surface area is 336 Å². The third-order valence-electron chi connectivity index (χ3n) is 12.7. The molecular weight excluding hydrogens is 753 g/mol. The molecule has 2 saturated carbocycles. The molecule has 4 aromatic rings. The Kier molecular flexibility index (Phi) is 10.6. The van der Waals surface area contributed by atoms with Crippen molar-refractivity contribution in [3.05, 3.63) is 81.5 Å². The minimum absolute atomic E-state index is 0.0935. The monoisotopic (exact) mass is 799 g/mol. The average molecular weight is 801 g/mol. The molecule has 2 aliphatic carbocycles. The summed E-state index contributed by atoms with van der Waals surface area (Å²) in [4.78, 5) is 49.1. The van der Waals surface area contributed by atoms with Crippen molar-refractivity contribution in [3.63, 3.8) is 0 Å². The molecule has 2 bridgehead atoms. The number of ether oxygens (including phenoxy) is 1. The number of hydrogen-bond acceptors (Lipinski definition) is 8. The number of carbonyl (C=O) groups excluding carboxylic acids is 2. The van der Waals surface area contributed by atoms with Crippen molar-refractivity contribution in [3.8, 4) is 28.1 Å². The highest BCUT2D eigenvalue weighted by atomic mass is 35.5. The van der Waals surface area contributed by atoms with Crippen LogP contribution in [0, 0.1) is 10.8 Å². The van der Waals surface area contributed by atoms with Gasteiger partial charge in [0.15, 0.2) is 5.82 Å². The number of benzene rings is 2. The molecule has 1 atom stereocenters. The molecular formula is C42H47Cl2N7O5. The minimum Gasteiger partial charge on any atom is -0.496 e. The van der Waals surface area contributed by atoms with Gasteiger partial charge in [-0.25, -0.2) is 4.98 Å². The maximum absolute atomic E-state index is 13.8. The van der Waals surface area contributed by atoms with E-state index in [1.165, 1.54) is 0 Å². The van der Waals surface area contributed by atoms with E-state index in [9.17, 15) is 19.5 Å². The molecule has 0 unspecified atom stereocenters. The van der Waals surface area contributed by atoms with Crippen LogP contribution in [0.25, 0.3) is 22.4 Å². The van der Waals surface area contributed by atoms with Gasteiger partial charge in [0.25, 0.3) is 5.91 Å². The number of fused-ring (bicyclic) bond motifs is 3. The standard InChI is InChI=1S/C42H47Cl2N7O5/c1-50-32-11-18-51(19-16-41-12-14-42(24-41,15-13-41)40(54)55)23-31(32)48-38(50)39(53)49-30-5-3-4-28(35(30)43)29-10-17-46-37(36(29)44)25-6-7-26(33(20-25)56-2)21-45-22-27-8-9-34(52)47-27/h3-7,10,17,20,27,45H,8-9,11-16,18-19,21-24H2,1-2H3,(H,47,52)(H,49,53)(H,54,55)/t27-,41?,42?/m0/s1.